The second-order valence-corrected chi connectivity index (χ2v) is 8.99. The first-order chi connectivity index (χ1) is 13.6. The molecule has 4 atom stereocenters. The van der Waals surface area contributed by atoms with Crippen molar-refractivity contribution in [2.75, 3.05) is 26.2 Å². The van der Waals surface area contributed by atoms with Crippen LogP contribution >= 0.6 is 0 Å². The molecule has 28 heavy (non-hydrogen) atoms. The number of hydrogen-bond donors (Lipinski definition) is 1. The topological polar surface area (TPSA) is 59.4 Å². The van der Waals surface area contributed by atoms with E-state index in [1.165, 1.54) is 31.2 Å². The highest BCUT2D eigenvalue weighted by Gasteiger charge is 2.59. The molecule has 1 aromatic rings. The average molecular weight is 389 g/mol. The van der Waals surface area contributed by atoms with Gasteiger partial charge in [0, 0.05) is 56.9 Å². The summed E-state index contributed by atoms with van der Waals surface area (Å²) in [6.45, 7) is 7.54. The fraction of sp³-hybridized carbons (Fsp3) is 0.818. The predicted octanol–water partition coefficient (Wildman–Crippen LogP) is 2.70. The third kappa shape index (κ3) is 3.28. The Balaban J connectivity index is 1.55. The molecule has 1 amide bonds. The Labute approximate surface area is 169 Å². The van der Waals surface area contributed by atoms with Crippen LogP contribution in [-0.4, -0.2) is 59.0 Å². The summed E-state index contributed by atoms with van der Waals surface area (Å²) < 4.78 is 7.95. The van der Waals surface area contributed by atoms with Gasteiger partial charge in [0.25, 0.3) is 0 Å². The van der Waals surface area contributed by atoms with E-state index in [1.807, 2.05) is 17.9 Å². The summed E-state index contributed by atoms with van der Waals surface area (Å²) in [5.74, 6) is 0.579. The second-order valence-electron chi connectivity index (χ2n) is 8.99. The van der Waals surface area contributed by atoms with Crippen LogP contribution in [0.4, 0.5) is 0 Å². The van der Waals surface area contributed by atoms with Crippen molar-refractivity contribution in [3.05, 3.63) is 18.0 Å². The number of hydrogen-bond acceptors (Lipinski definition) is 4. The van der Waals surface area contributed by atoms with Gasteiger partial charge in [0.2, 0.25) is 5.91 Å². The molecular weight excluding hydrogens is 352 g/mol. The summed E-state index contributed by atoms with van der Waals surface area (Å²) in [7, 11) is 1.94. The zero-order valence-electron chi connectivity index (χ0n) is 17.7. The lowest BCUT2D eigenvalue weighted by Crippen LogP contribution is -2.65. The molecule has 2 saturated carbocycles. The summed E-state index contributed by atoms with van der Waals surface area (Å²) in [6.07, 6.45) is 11.3. The minimum Gasteiger partial charge on any atom is -0.378 e. The zero-order valence-corrected chi connectivity index (χ0v) is 17.7. The lowest BCUT2D eigenvalue weighted by Gasteiger charge is -2.58. The van der Waals surface area contributed by atoms with Crippen LogP contribution in [0, 0.1) is 11.3 Å². The molecule has 0 bridgehead atoms. The van der Waals surface area contributed by atoms with Crippen LogP contribution in [0.1, 0.15) is 63.9 Å². The number of amides is 1. The van der Waals surface area contributed by atoms with Gasteiger partial charge in [-0.1, -0.05) is 19.8 Å². The Morgan fingerprint density at radius 1 is 1.36 bits per heavy atom. The van der Waals surface area contributed by atoms with Crippen LogP contribution in [0.25, 0.3) is 0 Å². The molecule has 1 spiro atoms. The van der Waals surface area contributed by atoms with Crippen LogP contribution in [-0.2, 0) is 16.6 Å². The van der Waals surface area contributed by atoms with E-state index in [1.54, 1.807) is 0 Å². The van der Waals surface area contributed by atoms with E-state index in [-0.39, 0.29) is 17.3 Å². The largest absolute Gasteiger partial charge is 0.378 e. The Morgan fingerprint density at radius 2 is 2.14 bits per heavy atom. The fourth-order valence-corrected chi connectivity index (χ4v) is 6.08. The van der Waals surface area contributed by atoms with Crippen molar-refractivity contribution in [2.24, 2.45) is 18.4 Å². The van der Waals surface area contributed by atoms with E-state index in [0.717, 1.165) is 39.1 Å². The van der Waals surface area contributed by atoms with Gasteiger partial charge < -0.3 is 15.0 Å². The van der Waals surface area contributed by atoms with E-state index < -0.39 is 0 Å². The van der Waals surface area contributed by atoms with Gasteiger partial charge in [-0.2, -0.15) is 5.10 Å². The minimum atomic E-state index is 0.0142. The number of carbonyl (C=O) groups excluding carboxylic acids is 1. The van der Waals surface area contributed by atoms with Gasteiger partial charge in [-0.05, 0) is 38.2 Å². The second kappa shape index (κ2) is 8.15. The molecule has 4 rings (SSSR count). The lowest BCUT2D eigenvalue weighted by molar-refractivity contribution is -0.178. The van der Waals surface area contributed by atoms with Crippen LogP contribution in [0.2, 0.25) is 0 Å². The van der Waals surface area contributed by atoms with Crippen LogP contribution in [0.5, 0.6) is 0 Å². The van der Waals surface area contributed by atoms with Gasteiger partial charge in [0.15, 0.2) is 0 Å². The molecule has 3 aliphatic rings. The number of carbonyl (C=O) groups is 1. The number of ether oxygens (including phenoxy) is 1. The van der Waals surface area contributed by atoms with Gasteiger partial charge in [-0.15, -0.1) is 0 Å². The van der Waals surface area contributed by atoms with Crippen molar-refractivity contribution in [2.45, 2.75) is 70.4 Å². The number of aromatic nitrogens is 2. The van der Waals surface area contributed by atoms with Crippen LogP contribution in [0.3, 0.4) is 0 Å². The molecule has 6 heteroatoms. The molecule has 0 aromatic carbocycles. The molecule has 2 unspecified atom stereocenters. The van der Waals surface area contributed by atoms with Gasteiger partial charge in [0.1, 0.15) is 0 Å². The van der Waals surface area contributed by atoms with Crippen molar-refractivity contribution in [3.63, 3.8) is 0 Å². The molecule has 1 aromatic heterocycles. The molecule has 2 aliphatic carbocycles. The molecule has 156 valence electrons. The third-order valence-corrected chi connectivity index (χ3v) is 7.45. The summed E-state index contributed by atoms with van der Waals surface area (Å²) in [5.41, 5.74) is 1.38. The molecule has 1 saturated heterocycles. The molecular formula is C22H36N4O2. The van der Waals surface area contributed by atoms with Crippen molar-refractivity contribution in [3.8, 4) is 0 Å². The Morgan fingerprint density at radius 3 is 2.79 bits per heavy atom. The molecule has 2 heterocycles. The van der Waals surface area contributed by atoms with Crippen LogP contribution in [0.15, 0.2) is 12.4 Å². The molecule has 6 nitrogen and oxygen atoms in total. The quantitative estimate of drug-likeness (QED) is 0.780. The Kier molecular flexibility index (Phi) is 5.79. The van der Waals surface area contributed by atoms with Gasteiger partial charge in [-0.3, -0.25) is 9.48 Å². The number of aryl methyl sites for hydroxylation is 1. The SMILES string of the molecule is CCCN(C(=O)[C@H]1CNC[C@@H]1c1cnn(C)c1)C1CC(OCC)C12CCCC2. The van der Waals surface area contributed by atoms with E-state index in [4.69, 9.17) is 4.74 Å². The lowest BCUT2D eigenvalue weighted by atomic mass is 9.59. The summed E-state index contributed by atoms with van der Waals surface area (Å²) in [6, 6.07) is 0.356. The maximum absolute atomic E-state index is 13.8. The van der Waals surface area contributed by atoms with Gasteiger partial charge >= 0.3 is 0 Å². The average Bonchev–Trinajstić information content (AvgIpc) is 3.43. The minimum absolute atomic E-state index is 0.0142. The predicted molar refractivity (Wildman–Crippen MR) is 109 cm³/mol. The van der Waals surface area contributed by atoms with Crippen LogP contribution < -0.4 is 5.32 Å². The maximum Gasteiger partial charge on any atom is 0.227 e. The first-order valence-electron chi connectivity index (χ1n) is 11.2. The van der Waals surface area contributed by atoms with Crippen molar-refractivity contribution < 1.29 is 9.53 Å². The van der Waals surface area contributed by atoms with E-state index in [0.29, 0.717) is 18.1 Å². The first kappa shape index (κ1) is 19.9. The smallest absolute Gasteiger partial charge is 0.227 e. The number of nitrogens with one attached hydrogen (secondary N) is 1. The first-order valence-corrected chi connectivity index (χ1v) is 11.2. The normalized spacial score (nSPS) is 31.2. The van der Waals surface area contributed by atoms with E-state index in [2.05, 4.69) is 35.4 Å². The highest BCUT2D eigenvalue weighted by Crippen LogP contribution is 2.57. The molecule has 0 radical (unpaired) electrons. The fourth-order valence-electron chi connectivity index (χ4n) is 6.08. The van der Waals surface area contributed by atoms with Gasteiger partial charge in [-0.25, -0.2) is 0 Å². The maximum atomic E-state index is 13.8. The van der Waals surface area contributed by atoms with E-state index in [9.17, 15) is 4.79 Å². The highest BCUT2D eigenvalue weighted by molar-refractivity contribution is 5.81. The summed E-state index contributed by atoms with van der Waals surface area (Å²) >= 11 is 0. The molecule has 1 N–H and O–H groups in total. The Bertz CT molecular complexity index is 682. The van der Waals surface area contributed by atoms with Crippen molar-refractivity contribution in [1.82, 2.24) is 20.0 Å². The van der Waals surface area contributed by atoms with Crippen molar-refractivity contribution >= 4 is 5.91 Å². The standard InChI is InChI=1S/C22H36N4O2/c1-4-10-26(19-11-20(28-5-2)22(19)8-6-7-9-22)21(27)18-14-23-13-17(18)16-12-24-25(3)15-16/h12,15,17-20,23H,4-11,13-14H2,1-3H3/t17-,18+,19?,20?/m1/s1. The molecule has 1 aliphatic heterocycles. The summed E-state index contributed by atoms with van der Waals surface area (Å²) in [5, 5.41) is 7.80. The summed E-state index contributed by atoms with van der Waals surface area (Å²) in [4.78, 5) is 16.0. The third-order valence-electron chi connectivity index (χ3n) is 7.45. The van der Waals surface area contributed by atoms with E-state index >= 15 is 0 Å². The Hall–Kier alpha value is -1.40. The number of nitrogens with zero attached hydrogens (tertiary/aromatic N) is 3. The monoisotopic (exact) mass is 388 g/mol. The molecule has 3 fully saturated rings. The highest BCUT2D eigenvalue weighted by atomic mass is 16.5. The number of rotatable bonds is 7. The van der Waals surface area contributed by atoms with Gasteiger partial charge in [0.05, 0.1) is 18.2 Å². The zero-order chi connectivity index (χ0) is 19.7. The van der Waals surface area contributed by atoms with Crippen molar-refractivity contribution in [1.29, 1.82) is 0 Å².